The number of rotatable bonds is 25. The highest BCUT2D eigenvalue weighted by Crippen LogP contribution is 2.30. The lowest BCUT2D eigenvalue weighted by atomic mass is 9.89. The highest BCUT2D eigenvalue weighted by atomic mass is 32.1. The summed E-state index contributed by atoms with van der Waals surface area (Å²) >= 11 is 1.51. The SMILES string of the molecule is CC[C@H](C)[C@@H]([C@@H](CC(=O)N1CCC[C@H]1[C@H](OC)[C@@H](C)C(=O)N[C@@H](Cc1ccccc1)c1nccs1)OC)N(C)C(=O)C(NC(=O)[C@H](C(C)C)N(C)CCCNC)C(C)C. The summed E-state index contributed by atoms with van der Waals surface area (Å²) in [6, 6.07) is 7.80. The Labute approximate surface area is 358 Å². The number of ether oxygens (including phenoxy) is 2. The lowest BCUT2D eigenvalue weighted by Crippen LogP contribution is -2.60. The van der Waals surface area contributed by atoms with Crippen LogP contribution in [0.3, 0.4) is 0 Å². The molecule has 2 aromatic rings. The van der Waals surface area contributed by atoms with Gasteiger partial charge in [-0.15, -0.1) is 11.3 Å². The average molecular weight is 842 g/mol. The van der Waals surface area contributed by atoms with Crippen LogP contribution in [-0.4, -0.2) is 135 Å². The molecule has 0 saturated carbocycles. The molecule has 59 heavy (non-hydrogen) atoms. The predicted octanol–water partition coefficient (Wildman–Crippen LogP) is 5.17. The average Bonchev–Trinajstić information content (AvgIpc) is 3.93. The summed E-state index contributed by atoms with van der Waals surface area (Å²) in [5.74, 6) is -1.37. The topological polar surface area (TPSA) is 145 Å². The first-order chi connectivity index (χ1) is 28.1. The largest absolute Gasteiger partial charge is 0.379 e. The van der Waals surface area contributed by atoms with E-state index in [-0.39, 0.29) is 59.9 Å². The number of benzene rings is 1. The van der Waals surface area contributed by atoms with Gasteiger partial charge in [0.15, 0.2) is 0 Å². The molecule has 1 unspecified atom stereocenters. The zero-order valence-corrected chi connectivity index (χ0v) is 38.7. The zero-order valence-electron chi connectivity index (χ0n) is 37.9. The van der Waals surface area contributed by atoms with Crippen LogP contribution in [0.25, 0.3) is 0 Å². The maximum absolute atomic E-state index is 14.5. The number of hydrogen-bond donors (Lipinski definition) is 3. The van der Waals surface area contributed by atoms with Crippen LogP contribution in [-0.2, 0) is 35.1 Å². The van der Waals surface area contributed by atoms with Crippen molar-refractivity contribution in [3.8, 4) is 0 Å². The van der Waals surface area contributed by atoms with Crippen molar-refractivity contribution in [1.29, 1.82) is 0 Å². The fourth-order valence-corrected chi connectivity index (χ4v) is 9.38. The Bertz CT molecular complexity index is 1560. The van der Waals surface area contributed by atoms with E-state index < -0.39 is 36.3 Å². The van der Waals surface area contributed by atoms with Crippen molar-refractivity contribution in [2.45, 2.75) is 129 Å². The lowest BCUT2D eigenvalue weighted by molar-refractivity contribution is -0.148. The Hall–Kier alpha value is -3.43. The van der Waals surface area contributed by atoms with Crippen molar-refractivity contribution in [1.82, 2.24) is 35.6 Å². The Kier molecular flexibility index (Phi) is 20.9. The summed E-state index contributed by atoms with van der Waals surface area (Å²) in [4.78, 5) is 66.8. The second kappa shape index (κ2) is 24.7. The van der Waals surface area contributed by atoms with Gasteiger partial charge in [0.05, 0.1) is 48.7 Å². The molecule has 3 rings (SSSR count). The Morgan fingerprint density at radius 3 is 2.22 bits per heavy atom. The first-order valence-electron chi connectivity index (χ1n) is 21.6. The summed E-state index contributed by atoms with van der Waals surface area (Å²) in [5, 5.41) is 12.3. The summed E-state index contributed by atoms with van der Waals surface area (Å²) in [5.41, 5.74) is 1.09. The normalized spacial score (nSPS) is 18.6. The van der Waals surface area contributed by atoms with E-state index >= 15 is 0 Å². The minimum atomic E-state index is -0.764. The molecule has 1 saturated heterocycles. The molecule has 1 aromatic heterocycles. The second-order valence-corrected chi connectivity index (χ2v) is 18.0. The van der Waals surface area contributed by atoms with Crippen molar-refractivity contribution >= 4 is 35.0 Å². The van der Waals surface area contributed by atoms with E-state index in [0.29, 0.717) is 19.4 Å². The van der Waals surface area contributed by atoms with E-state index in [2.05, 4.69) is 39.7 Å². The van der Waals surface area contributed by atoms with Gasteiger partial charge in [-0.05, 0) is 76.2 Å². The smallest absolute Gasteiger partial charge is 0.245 e. The van der Waals surface area contributed by atoms with Crippen LogP contribution in [0, 0.1) is 23.7 Å². The highest BCUT2D eigenvalue weighted by molar-refractivity contribution is 7.09. The number of likely N-dealkylation sites (N-methyl/N-ethyl adjacent to an activating group) is 2. The molecule has 3 N–H and O–H groups in total. The number of thiazole rings is 1. The molecular formula is C45H75N7O6S. The first kappa shape index (κ1) is 49.9. The third-order valence-electron chi connectivity index (χ3n) is 12.2. The van der Waals surface area contributed by atoms with Crippen LogP contribution >= 0.6 is 11.3 Å². The molecule has 14 heteroatoms. The third kappa shape index (κ3) is 13.8. The van der Waals surface area contributed by atoms with Crippen molar-refractivity contribution in [3.05, 3.63) is 52.5 Å². The molecule has 9 atom stereocenters. The van der Waals surface area contributed by atoms with E-state index in [0.717, 1.165) is 42.9 Å². The number of carbonyl (C=O) groups excluding carboxylic acids is 4. The van der Waals surface area contributed by atoms with Crippen LogP contribution in [0.15, 0.2) is 41.9 Å². The molecule has 1 aliphatic rings. The maximum atomic E-state index is 14.5. The van der Waals surface area contributed by atoms with E-state index in [4.69, 9.17) is 9.47 Å². The minimum Gasteiger partial charge on any atom is -0.379 e. The van der Waals surface area contributed by atoms with Gasteiger partial charge in [0, 0.05) is 39.4 Å². The number of nitrogens with one attached hydrogen (secondary N) is 3. The molecule has 0 spiro atoms. The summed E-state index contributed by atoms with van der Waals surface area (Å²) in [6.45, 7) is 16.1. The number of methoxy groups -OCH3 is 2. The first-order valence-corrected chi connectivity index (χ1v) is 22.5. The molecule has 0 aliphatic carbocycles. The van der Waals surface area contributed by atoms with Gasteiger partial charge >= 0.3 is 0 Å². The van der Waals surface area contributed by atoms with Gasteiger partial charge in [-0.1, -0.05) is 85.2 Å². The van der Waals surface area contributed by atoms with Crippen LogP contribution < -0.4 is 16.0 Å². The summed E-state index contributed by atoms with van der Waals surface area (Å²) in [6.07, 6.45) is 4.36. The van der Waals surface area contributed by atoms with Gasteiger partial charge in [0.1, 0.15) is 11.0 Å². The predicted molar refractivity (Wildman–Crippen MR) is 236 cm³/mol. The van der Waals surface area contributed by atoms with Gasteiger partial charge in [-0.25, -0.2) is 4.98 Å². The maximum Gasteiger partial charge on any atom is 0.245 e. The number of nitrogens with zero attached hydrogens (tertiary/aromatic N) is 4. The van der Waals surface area contributed by atoms with Gasteiger partial charge in [0.2, 0.25) is 23.6 Å². The van der Waals surface area contributed by atoms with Gasteiger partial charge < -0.3 is 35.2 Å². The standard InChI is InChI=1S/C45H75N7O6S/c1-13-31(6)40(51(10)45(56)38(29(2)3)49-43(55)39(30(4)5)50(9)24-18-22-46-8)36(57-11)28-37(53)52-25-17-21-35(52)41(58-12)32(7)42(54)48-34(44-47-23-26-59-44)27-33-19-15-14-16-20-33/h14-16,19-20,23,26,29-32,34-36,38-41,46H,13,17-18,21-22,24-25,27-28H2,1-12H3,(H,48,54)(H,49,55)/t31-,32+,34-,35-,36+,38?,39-,40-,41+/m0/s1. The third-order valence-corrected chi connectivity index (χ3v) is 13.0. The number of hydrogen-bond acceptors (Lipinski definition) is 10. The fourth-order valence-electron chi connectivity index (χ4n) is 8.69. The summed E-state index contributed by atoms with van der Waals surface area (Å²) in [7, 11) is 8.82. The van der Waals surface area contributed by atoms with E-state index in [1.54, 1.807) is 32.4 Å². The molecule has 2 heterocycles. The molecule has 1 aliphatic heterocycles. The number of aromatic nitrogens is 1. The molecule has 0 bridgehead atoms. The van der Waals surface area contributed by atoms with Crippen molar-refractivity contribution in [3.63, 3.8) is 0 Å². The van der Waals surface area contributed by atoms with E-state index in [1.807, 2.05) is 89.3 Å². The molecule has 4 amide bonds. The van der Waals surface area contributed by atoms with Crippen LogP contribution in [0.1, 0.15) is 97.2 Å². The van der Waals surface area contributed by atoms with Crippen molar-refractivity contribution in [2.75, 3.05) is 55.0 Å². The van der Waals surface area contributed by atoms with Gasteiger partial charge in [0.25, 0.3) is 0 Å². The number of carbonyl (C=O) groups is 4. The Morgan fingerprint density at radius 1 is 0.966 bits per heavy atom. The highest BCUT2D eigenvalue weighted by Gasteiger charge is 2.43. The van der Waals surface area contributed by atoms with Crippen LogP contribution in [0.5, 0.6) is 0 Å². The number of likely N-dealkylation sites (tertiary alicyclic amines) is 1. The molecule has 0 radical (unpaired) electrons. The number of amides is 4. The van der Waals surface area contributed by atoms with E-state index in [9.17, 15) is 19.2 Å². The van der Waals surface area contributed by atoms with Gasteiger partial charge in [-0.2, -0.15) is 0 Å². The van der Waals surface area contributed by atoms with Crippen LogP contribution in [0.4, 0.5) is 0 Å². The van der Waals surface area contributed by atoms with E-state index in [1.165, 1.54) is 11.3 Å². The quantitative estimate of drug-likeness (QED) is 0.115. The minimum absolute atomic E-state index is 0.0154. The van der Waals surface area contributed by atoms with Crippen LogP contribution in [0.2, 0.25) is 0 Å². The fraction of sp³-hybridized carbons (Fsp3) is 0.711. The van der Waals surface area contributed by atoms with Gasteiger partial charge in [-0.3, -0.25) is 24.1 Å². The molecule has 1 aromatic carbocycles. The summed E-state index contributed by atoms with van der Waals surface area (Å²) < 4.78 is 12.2. The molecule has 13 nitrogen and oxygen atoms in total. The molecule has 1 fully saturated rings. The van der Waals surface area contributed by atoms with Crippen molar-refractivity contribution in [2.24, 2.45) is 23.7 Å². The monoisotopic (exact) mass is 842 g/mol. The van der Waals surface area contributed by atoms with Crippen molar-refractivity contribution < 1.29 is 28.7 Å². The second-order valence-electron chi connectivity index (χ2n) is 17.1. The Balaban J connectivity index is 1.78. The molecule has 332 valence electrons. The molecular weight excluding hydrogens is 767 g/mol. The Morgan fingerprint density at radius 2 is 1.66 bits per heavy atom. The zero-order chi connectivity index (χ0) is 43.8. The lowest BCUT2D eigenvalue weighted by Gasteiger charge is -2.41.